The molecule has 0 saturated carbocycles. The molecule has 0 unspecified atom stereocenters. The fourth-order valence-corrected chi connectivity index (χ4v) is 1.14. The zero-order chi connectivity index (χ0) is 11.7. The summed E-state index contributed by atoms with van der Waals surface area (Å²) in [6, 6.07) is 0. The van der Waals surface area contributed by atoms with Crippen molar-refractivity contribution in [3.8, 4) is 0 Å². The van der Waals surface area contributed by atoms with Gasteiger partial charge in [-0.05, 0) is 18.3 Å². The lowest BCUT2D eigenvalue weighted by Crippen LogP contribution is -2.31. The van der Waals surface area contributed by atoms with Crippen LogP contribution in [0.4, 0.5) is 0 Å². The molecule has 1 amide bonds. The Kier molecular flexibility index (Phi) is 7.01. The molecule has 3 heteroatoms. The zero-order valence-electron chi connectivity index (χ0n) is 10.1. The number of carbonyl (C=O) groups excluding carboxylic acids is 2. The Morgan fingerprint density at radius 2 is 1.87 bits per heavy atom. The molecular formula is C12H23NO2. The van der Waals surface area contributed by atoms with Gasteiger partial charge < -0.3 is 10.1 Å². The highest BCUT2D eigenvalue weighted by atomic mass is 16.1. The molecule has 0 spiro atoms. The maximum atomic E-state index is 11.3. The molecule has 88 valence electrons. The van der Waals surface area contributed by atoms with Crippen LogP contribution in [0.25, 0.3) is 0 Å². The average molecular weight is 213 g/mol. The van der Waals surface area contributed by atoms with E-state index in [9.17, 15) is 9.59 Å². The van der Waals surface area contributed by atoms with E-state index in [1.165, 1.54) is 0 Å². The molecule has 0 rings (SSSR count). The number of aldehydes is 1. The van der Waals surface area contributed by atoms with E-state index in [0.717, 1.165) is 32.1 Å². The first-order valence-electron chi connectivity index (χ1n) is 5.66. The second-order valence-corrected chi connectivity index (χ2v) is 5.10. The Bertz CT molecular complexity index is 194. The third kappa shape index (κ3) is 11.1. The van der Waals surface area contributed by atoms with Gasteiger partial charge in [-0.2, -0.15) is 0 Å². The molecule has 3 nitrogen and oxygen atoms in total. The fraction of sp³-hybridized carbons (Fsp3) is 0.833. The number of amides is 1. The van der Waals surface area contributed by atoms with Crippen LogP contribution in [0.1, 0.15) is 52.9 Å². The molecule has 0 aromatic heterocycles. The van der Waals surface area contributed by atoms with Crippen molar-refractivity contribution in [1.82, 2.24) is 5.32 Å². The Labute approximate surface area is 92.6 Å². The molecule has 0 aromatic carbocycles. The van der Waals surface area contributed by atoms with E-state index in [-0.39, 0.29) is 11.3 Å². The maximum absolute atomic E-state index is 11.3. The van der Waals surface area contributed by atoms with Crippen LogP contribution in [0.15, 0.2) is 0 Å². The van der Waals surface area contributed by atoms with Crippen molar-refractivity contribution in [2.45, 2.75) is 52.9 Å². The second kappa shape index (κ2) is 7.43. The van der Waals surface area contributed by atoms with Gasteiger partial charge in [0.05, 0.1) is 0 Å². The fourth-order valence-electron chi connectivity index (χ4n) is 1.14. The smallest absolute Gasteiger partial charge is 0.220 e. The highest BCUT2D eigenvalue weighted by molar-refractivity contribution is 5.75. The summed E-state index contributed by atoms with van der Waals surface area (Å²) in [7, 11) is 0. The highest BCUT2D eigenvalue weighted by Gasteiger charge is 2.11. The molecule has 0 heterocycles. The number of rotatable bonds is 7. The highest BCUT2D eigenvalue weighted by Crippen LogP contribution is 2.10. The maximum Gasteiger partial charge on any atom is 0.220 e. The van der Waals surface area contributed by atoms with Gasteiger partial charge in [0.25, 0.3) is 0 Å². The summed E-state index contributed by atoms with van der Waals surface area (Å²) in [4.78, 5) is 21.4. The van der Waals surface area contributed by atoms with Gasteiger partial charge in [-0.3, -0.25) is 4.79 Å². The van der Waals surface area contributed by atoms with E-state index in [2.05, 4.69) is 26.1 Å². The molecule has 0 radical (unpaired) electrons. The van der Waals surface area contributed by atoms with Crippen molar-refractivity contribution < 1.29 is 9.59 Å². The summed E-state index contributed by atoms with van der Waals surface area (Å²) in [6.07, 6.45) is 4.86. The monoisotopic (exact) mass is 213 g/mol. The minimum Gasteiger partial charge on any atom is -0.356 e. The lowest BCUT2D eigenvalue weighted by Gasteiger charge is -2.18. The molecule has 0 saturated heterocycles. The van der Waals surface area contributed by atoms with Gasteiger partial charge in [0.2, 0.25) is 5.91 Å². The summed E-state index contributed by atoms with van der Waals surface area (Å²) >= 11 is 0. The normalized spacial score (nSPS) is 11.1. The van der Waals surface area contributed by atoms with Crippen LogP contribution in [0.2, 0.25) is 0 Å². The number of hydrogen-bond donors (Lipinski definition) is 1. The lowest BCUT2D eigenvalue weighted by molar-refractivity contribution is -0.121. The van der Waals surface area contributed by atoms with Crippen molar-refractivity contribution in [2.75, 3.05) is 6.54 Å². The quantitative estimate of drug-likeness (QED) is 0.521. The van der Waals surface area contributed by atoms with Gasteiger partial charge >= 0.3 is 0 Å². The summed E-state index contributed by atoms with van der Waals surface area (Å²) < 4.78 is 0. The van der Waals surface area contributed by atoms with E-state index in [1.54, 1.807) is 0 Å². The average Bonchev–Trinajstić information content (AvgIpc) is 2.13. The number of carbonyl (C=O) groups is 2. The Balaban J connectivity index is 3.38. The predicted octanol–water partition coefficient (Wildman–Crippen LogP) is 2.30. The number of nitrogens with one attached hydrogen (secondary N) is 1. The summed E-state index contributed by atoms with van der Waals surface area (Å²) in [6.45, 7) is 7.01. The molecule has 0 bridgehead atoms. The lowest BCUT2D eigenvalue weighted by atomic mass is 9.97. The van der Waals surface area contributed by atoms with Crippen LogP contribution in [0, 0.1) is 5.41 Å². The number of hydrogen-bond acceptors (Lipinski definition) is 2. The van der Waals surface area contributed by atoms with Gasteiger partial charge in [0.1, 0.15) is 6.29 Å². The van der Waals surface area contributed by atoms with E-state index >= 15 is 0 Å². The third-order valence-corrected chi connectivity index (χ3v) is 2.04. The SMILES string of the molecule is CC(C)(C)CNC(=O)CCCCCC=O. The second-order valence-electron chi connectivity index (χ2n) is 5.10. The standard InChI is InChI=1S/C12H23NO2/c1-12(2,3)10-13-11(15)8-6-4-5-7-9-14/h9H,4-8,10H2,1-3H3,(H,13,15). The van der Waals surface area contributed by atoms with Crippen LogP contribution in [0.3, 0.4) is 0 Å². The van der Waals surface area contributed by atoms with Crippen LogP contribution >= 0.6 is 0 Å². The Morgan fingerprint density at radius 3 is 2.40 bits per heavy atom. The largest absolute Gasteiger partial charge is 0.356 e. The van der Waals surface area contributed by atoms with Crippen molar-refractivity contribution in [3.63, 3.8) is 0 Å². The van der Waals surface area contributed by atoms with Crippen molar-refractivity contribution >= 4 is 12.2 Å². The predicted molar refractivity (Wildman–Crippen MR) is 61.6 cm³/mol. The van der Waals surface area contributed by atoms with Crippen molar-refractivity contribution in [3.05, 3.63) is 0 Å². The van der Waals surface area contributed by atoms with Crippen molar-refractivity contribution in [1.29, 1.82) is 0 Å². The van der Waals surface area contributed by atoms with Gasteiger partial charge in [0.15, 0.2) is 0 Å². The van der Waals surface area contributed by atoms with E-state index < -0.39 is 0 Å². The topological polar surface area (TPSA) is 46.2 Å². The summed E-state index contributed by atoms with van der Waals surface area (Å²) in [5.41, 5.74) is 0.146. The molecular weight excluding hydrogens is 190 g/mol. The molecule has 0 aliphatic heterocycles. The first-order valence-corrected chi connectivity index (χ1v) is 5.66. The van der Waals surface area contributed by atoms with Crippen LogP contribution in [-0.2, 0) is 9.59 Å². The summed E-state index contributed by atoms with van der Waals surface area (Å²) in [5.74, 6) is 0.121. The van der Waals surface area contributed by atoms with Crippen LogP contribution in [0.5, 0.6) is 0 Å². The van der Waals surface area contributed by atoms with E-state index in [0.29, 0.717) is 12.8 Å². The third-order valence-electron chi connectivity index (χ3n) is 2.04. The van der Waals surface area contributed by atoms with E-state index in [1.807, 2.05) is 0 Å². The number of unbranched alkanes of at least 4 members (excludes halogenated alkanes) is 3. The van der Waals surface area contributed by atoms with Crippen LogP contribution < -0.4 is 5.32 Å². The van der Waals surface area contributed by atoms with Crippen LogP contribution in [-0.4, -0.2) is 18.7 Å². The molecule has 1 N–H and O–H groups in total. The van der Waals surface area contributed by atoms with E-state index in [4.69, 9.17) is 0 Å². The van der Waals surface area contributed by atoms with Gasteiger partial charge in [-0.1, -0.05) is 27.2 Å². The molecule has 0 fully saturated rings. The first kappa shape index (κ1) is 14.1. The summed E-state index contributed by atoms with van der Waals surface area (Å²) in [5, 5.41) is 2.91. The minimum absolute atomic E-state index is 0.121. The molecule has 0 aliphatic rings. The minimum atomic E-state index is 0.121. The van der Waals surface area contributed by atoms with Gasteiger partial charge in [-0.25, -0.2) is 0 Å². The molecule has 0 aliphatic carbocycles. The zero-order valence-corrected chi connectivity index (χ0v) is 10.1. The van der Waals surface area contributed by atoms with Crippen molar-refractivity contribution in [2.24, 2.45) is 5.41 Å². The molecule has 0 aromatic rings. The van der Waals surface area contributed by atoms with Gasteiger partial charge in [-0.15, -0.1) is 0 Å². The first-order chi connectivity index (χ1) is 6.95. The molecule has 15 heavy (non-hydrogen) atoms. The van der Waals surface area contributed by atoms with Gasteiger partial charge in [0, 0.05) is 19.4 Å². The Hall–Kier alpha value is -0.860. The molecule has 0 atom stereocenters. The Morgan fingerprint density at radius 1 is 1.20 bits per heavy atom.